The molecule has 0 fully saturated rings. The molecule has 0 radical (unpaired) electrons. The highest BCUT2D eigenvalue weighted by Crippen LogP contribution is 2.24. The third-order valence-electron chi connectivity index (χ3n) is 3.54. The third-order valence-corrected chi connectivity index (χ3v) is 4.55. The van der Waals surface area contributed by atoms with Crippen molar-refractivity contribution in [3.8, 4) is 0 Å². The summed E-state index contributed by atoms with van der Waals surface area (Å²) in [4.78, 5) is 30.2. The largest absolute Gasteiger partial charge is 0.330 e. The summed E-state index contributed by atoms with van der Waals surface area (Å²) in [5.41, 5.74) is 0.921. The number of fused-ring (bicyclic) bond motifs is 1. The normalized spacial score (nSPS) is 17.3. The lowest BCUT2D eigenvalue weighted by molar-refractivity contribution is -0.913. The average Bonchev–Trinajstić information content (AvgIpc) is 2.88. The summed E-state index contributed by atoms with van der Waals surface area (Å²) in [6.45, 7) is 5.32. The fourth-order valence-electron chi connectivity index (χ4n) is 2.31. The number of nitrogens with one attached hydrogen (secondary N) is 3. The highest BCUT2D eigenvalue weighted by atomic mass is 32.1. The maximum absolute atomic E-state index is 12.0. The van der Waals surface area contributed by atoms with Gasteiger partial charge in [0.05, 0.1) is 23.7 Å². The number of aromatic nitrogens is 3. The summed E-state index contributed by atoms with van der Waals surface area (Å²) in [7, 11) is 0. The third kappa shape index (κ3) is 3.01. The first-order chi connectivity index (χ1) is 10.2. The number of amides is 1. The number of aromatic amines is 1. The van der Waals surface area contributed by atoms with Crippen molar-refractivity contribution in [3.63, 3.8) is 0 Å². The topological polar surface area (TPSA) is 92.2 Å². The van der Waals surface area contributed by atoms with E-state index in [0.717, 1.165) is 31.7 Å². The van der Waals surface area contributed by atoms with Gasteiger partial charge in [0.15, 0.2) is 5.13 Å². The number of carbonyl (C=O) groups is 1. The lowest BCUT2D eigenvalue weighted by Gasteiger charge is -2.20. The van der Waals surface area contributed by atoms with E-state index >= 15 is 0 Å². The second-order valence-corrected chi connectivity index (χ2v) is 6.01. The first kappa shape index (κ1) is 13.9. The fourth-order valence-corrected chi connectivity index (χ4v) is 3.39. The van der Waals surface area contributed by atoms with Crippen LogP contribution >= 0.6 is 11.3 Å². The van der Waals surface area contributed by atoms with Crippen molar-refractivity contribution < 1.29 is 9.69 Å². The lowest BCUT2D eigenvalue weighted by Crippen LogP contribution is -3.11. The van der Waals surface area contributed by atoms with E-state index in [-0.39, 0.29) is 17.2 Å². The van der Waals surface area contributed by atoms with Crippen LogP contribution in [-0.2, 0) is 13.0 Å². The number of rotatable bonds is 3. The Labute approximate surface area is 125 Å². The van der Waals surface area contributed by atoms with Crippen molar-refractivity contribution in [3.05, 3.63) is 38.8 Å². The Balaban J connectivity index is 1.74. The second kappa shape index (κ2) is 5.74. The molecule has 0 saturated carbocycles. The van der Waals surface area contributed by atoms with Crippen LogP contribution in [0.1, 0.15) is 28.0 Å². The number of hydrogen-bond acceptors (Lipinski definition) is 5. The Morgan fingerprint density at radius 3 is 3.10 bits per heavy atom. The molecule has 2 aromatic heterocycles. The standard InChI is InChI=1S/C13H15N5O2S/c1-2-18-6-5-8-10(7-18)21-13(14-8)15-12(20)9-3-4-11(19)17-16-9/h3-4H,2,5-7H2,1H3,(H,17,19)(H,14,15,20)/p+1. The lowest BCUT2D eigenvalue weighted by atomic mass is 10.2. The molecule has 1 amide bonds. The first-order valence-electron chi connectivity index (χ1n) is 6.85. The maximum Gasteiger partial charge on any atom is 0.277 e. The molecule has 0 saturated heterocycles. The first-order valence-corrected chi connectivity index (χ1v) is 7.66. The van der Waals surface area contributed by atoms with Crippen LogP contribution in [0.4, 0.5) is 5.13 Å². The SMILES string of the molecule is CC[NH+]1CCc2nc(NC(=O)c3ccc(=O)[nH]n3)sc2C1. The molecule has 7 nitrogen and oxygen atoms in total. The van der Waals surface area contributed by atoms with Crippen LogP contribution in [0, 0.1) is 0 Å². The molecule has 0 spiro atoms. The molecule has 0 aromatic carbocycles. The van der Waals surface area contributed by atoms with Crippen LogP contribution in [0.15, 0.2) is 16.9 Å². The van der Waals surface area contributed by atoms with Gasteiger partial charge in [-0.1, -0.05) is 11.3 Å². The summed E-state index contributed by atoms with van der Waals surface area (Å²) < 4.78 is 0. The molecule has 1 aliphatic heterocycles. The quantitative estimate of drug-likeness (QED) is 0.709. The molecular formula is C13H16N5O2S+. The van der Waals surface area contributed by atoms with Crippen LogP contribution in [0.5, 0.6) is 0 Å². The molecule has 3 N–H and O–H groups in total. The molecule has 110 valence electrons. The molecule has 1 unspecified atom stereocenters. The van der Waals surface area contributed by atoms with Crippen LogP contribution in [-0.4, -0.2) is 34.2 Å². The Hall–Kier alpha value is -2.06. The van der Waals surface area contributed by atoms with Crippen molar-refractivity contribution in [1.82, 2.24) is 15.2 Å². The smallest absolute Gasteiger partial charge is 0.277 e. The molecule has 2 aromatic rings. The second-order valence-electron chi connectivity index (χ2n) is 4.93. The minimum atomic E-state index is -0.364. The van der Waals surface area contributed by atoms with E-state index in [1.54, 1.807) is 0 Å². The van der Waals surface area contributed by atoms with Gasteiger partial charge in [-0.3, -0.25) is 14.9 Å². The minimum Gasteiger partial charge on any atom is -0.330 e. The van der Waals surface area contributed by atoms with E-state index < -0.39 is 0 Å². The number of hydrogen-bond donors (Lipinski definition) is 3. The Morgan fingerprint density at radius 1 is 1.52 bits per heavy atom. The number of nitrogens with zero attached hydrogens (tertiary/aromatic N) is 2. The predicted octanol–water partition coefficient (Wildman–Crippen LogP) is -0.560. The molecule has 8 heteroatoms. The monoisotopic (exact) mass is 306 g/mol. The van der Waals surface area contributed by atoms with Gasteiger partial charge >= 0.3 is 0 Å². The highest BCUT2D eigenvalue weighted by Gasteiger charge is 2.23. The van der Waals surface area contributed by atoms with Gasteiger partial charge in [0.2, 0.25) is 0 Å². The maximum atomic E-state index is 12.0. The molecule has 3 heterocycles. The number of anilines is 1. The van der Waals surface area contributed by atoms with Crippen molar-refractivity contribution >= 4 is 22.4 Å². The zero-order valence-electron chi connectivity index (χ0n) is 11.6. The Morgan fingerprint density at radius 2 is 2.38 bits per heavy atom. The van der Waals surface area contributed by atoms with Gasteiger partial charge < -0.3 is 4.90 Å². The molecule has 0 aliphatic carbocycles. The summed E-state index contributed by atoms with van der Waals surface area (Å²) >= 11 is 1.52. The fraction of sp³-hybridized carbons (Fsp3) is 0.385. The molecule has 3 rings (SSSR count). The number of carbonyl (C=O) groups excluding carboxylic acids is 1. The van der Waals surface area contributed by atoms with Crippen molar-refractivity contribution in [2.45, 2.75) is 19.9 Å². The molecule has 1 atom stereocenters. The molecule has 1 aliphatic rings. The van der Waals surface area contributed by atoms with Crippen molar-refractivity contribution in [2.75, 3.05) is 18.4 Å². The summed E-state index contributed by atoms with van der Waals surface area (Å²) in [6, 6.07) is 2.67. The van der Waals surface area contributed by atoms with Gasteiger partial charge in [-0.25, -0.2) is 10.1 Å². The van der Waals surface area contributed by atoms with Crippen LogP contribution in [0.3, 0.4) is 0 Å². The van der Waals surface area contributed by atoms with Crippen LogP contribution in [0.2, 0.25) is 0 Å². The summed E-state index contributed by atoms with van der Waals surface area (Å²) in [5.74, 6) is -0.364. The van der Waals surface area contributed by atoms with Crippen LogP contribution in [0.25, 0.3) is 0 Å². The average molecular weight is 306 g/mol. The van der Waals surface area contributed by atoms with E-state index in [9.17, 15) is 9.59 Å². The van der Waals surface area contributed by atoms with Gasteiger partial charge in [0, 0.05) is 12.5 Å². The predicted molar refractivity (Wildman–Crippen MR) is 78.7 cm³/mol. The van der Waals surface area contributed by atoms with Crippen molar-refractivity contribution in [1.29, 1.82) is 0 Å². The molecule has 0 bridgehead atoms. The number of likely N-dealkylation sites (N-methyl/N-ethyl adjacent to an activating group) is 1. The van der Waals surface area contributed by atoms with Crippen LogP contribution < -0.4 is 15.8 Å². The van der Waals surface area contributed by atoms with E-state index in [2.05, 4.69) is 27.4 Å². The number of thiazole rings is 1. The van der Waals surface area contributed by atoms with Gasteiger partial charge in [0.25, 0.3) is 11.5 Å². The number of quaternary nitrogens is 1. The van der Waals surface area contributed by atoms with Crippen molar-refractivity contribution in [2.24, 2.45) is 0 Å². The minimum absolute atomic E-state index is 0.170. The highest BCUT2D eigenvalue weighted by molar-refractivity contribution is 7.15. The Kier molecular flexibility index (Phi) is 3.80. The Bertz CT molecular complexity index is 703. The number of H-pyrrole nitrogens is 1. The summed E-state index contributed by atoms with van der Waals surface area (Å²) in [5, 5.41) is 9.28. The summed E-state index contributed by atoms with van der Waals surface area (Å²) in [6.07, 6.45) is 0.946. The van der Waals surface area contributed by atoms with Gasteiger partial charge in [-0.05, 0) is 13.0 Å². The molecular weight excluding hydrogens is 290 g/mol. The van der Waals surface area contributed by atoms with E-state index in [1.807, 2.05) is 0 Å². The zero-order chi connectivity index (χ0) is 14.8. The van der Waals surface area contributed by atoms with E-state index in [4.69, 9.17) is 0 Å². The zero-order valence-corrected chi connectivity index (χ0v) is 12.4. The van der Waals surface area contributed by atoms with Gasteiger partial charge in [0.1, 0.15) is 12.2 Å². The van der Waals surface area contributed by atoms with Gasteiger partial charge in [-0.2, -0.15) is 5.10 Å². The van der Waals surface area contributed by atoms with E-state index in [1.165, 1.54) is 33.2 Å². The molecule has 21 heavy (non-hydrogen) atoms. The van der Waals surface area contributed by atoms with Gasteiger partial charge in [-0.15, -0.1) is 0 Å². The van der Waals surface area contributed by atoms with E-state index in [0.29, 0.717) is 5.13 Å².